The van der Waals surface area contributed by atoms with E-state index in [1.807, 2.05) is 0 Å². The van der Waals surface area contributed by atoms with Crippen LogP contribution in [0, 0.1) is 0 Å². The second-order valence-corrected chi connectivity index (χ2v) is 4.63. The lowest BCUT2D eigenvalue weighted by Crippen LogP contribution is -2.36. The van der Waals surface area contributed by atoms with Gasteiger partial charge < -0.3 is 10.6 Å². The van der Waals surface area contributed by atoms with E-state index in [1.165, 1.54) is 0 Å². The van der Waals surface area contributed by atoms with Crippen molar-refractivity contribution in [3.8, 4) is 0 Å². The second-order valence-electron chi connectivity index (χ2n) is 2.85. The molecule has 4 nitrogen and oxygen atoms in total. The van der Waals surface area contributed by atoms with Crippen molar-refractivity contribution in [3.05, 3.63) is 0 Å². The Morgan fingerprint density at radius 1 is 1.67 bits per heavy atom. The Bertz CT molecular complexity index is 163. The number of carbonyl (C=O) groups is 1. The molecule has 1 fully saturated rings. The average molecular weight is 191 g/mol. The van der Waals surface area contributed by atoms with Crippen LogP contribution in [-0.4, -0.2) is 43.3 Å². The fourth-order valence-corrected chi connectivity index (χ4v) is 2.60. The van der Waals surface area contributed by atoms with Crippen LogP contribution in [0.4, 0.5) is 0 Å². The Hall–Kier alpha value is -0.470. The van der Waals surface area contributed by atoms with Gasteiger partial charge in [0, 0.05) is 24.9 Å². The normalized spacial score (nSPS) is 27.2. The summed E-state index contributed by atoms with van der Waals surface area (Å²) in [4.78, 5) is 10.8. The highest BCUT2D eigenvalue weighted by Crippen LogP contribution is 2.26. The number of nitrogens with zero attached hydrogens (tertiary/aromatic N) is 1. The summed E-state index contributed by atoms with van der Waals surface area (Å²) in [6.45, 7) is 3.14. The molecule has 0 spiro atoms. The van der Waals surface area contributed by atoms with Crippen LogP contribution in [0.15, 0.2) is 0 Å². The van der Waals surface area contributed by atoms with E-state index < -0.39 is 7.80 Å². The van der Waals surface area contributed by atoms with Gasteiger partial charge in [-0.15, -0.1) is 0 Å². The molecule has 2 unspecified atom stereocenters. The summed E-state index contributed by atoms with van der Waals surface area (Å²) in [5.74, 6) is 0. The van der Waals surface area contributed by atoms with Crippen LogP contribution in [0.25, 0.3) is 0 Å². The van der Waals surface area contributed by atoms with Gasteiger partial charge in [-0.3, -0.25) is 9.36 Å². The van der Waals surface area contributed by atoms with Crippen molar-refractivity contribution in [2.24, 2.45) is 5.73 Å². The quantitative estimate of drug-likeness (QED) is 0.441. The predicted molar refractivity (Wildman–Crippen MR) is 49.7 cm³/mol. The molecule has 0 aromatic rings. The van der Waals surface area contributed by atoms with Crippen LogP contribution in [0.5, 0.6) is 0 Å². The maximum Gasteiger partial charge on any atom is 0.204 e. The summed E-state index contributed by atoms with van der Waals surface area (Å²) < 4.78 is 10.9. The lowest BCUT2D eigenvalue weighted by atomic mass is 10.3. The first-order valence-electron chi connectivity index (χ1n) is 3.89. The number of hydrogen-bond donors (Lipinski definition) is 1. The maximum atomic E-state index is 10.9. The molecule has 1 amide bonds. The van der Waals surface area contributed by atoms with E-state index in [-0.39, 0.29) is 6.41 Å². The number of primary amides is 1. The van der Waals surface area contributed by atoms with Crippen LogP contribution >= 0.6 is 7.80 Å². The van der Waals surface area contributed by atoms with E-state index in [4.69, 9.17) is 4.79 Å². The fourth-order valence-electron chi connectivity index (χ4n) is 1.02. The molecular weight excluding hydrogens is 175 g/mol. The van der Waals surface area contributed by atoms with Crippen molar-refractivity contribution in [1.82, 2.24) is 4.90 Å². The maximum absolute atomic E-state index is 10.9. The minimum absolute atomic E-state index is 0.250. The number of nitrogens with two attached hydrogens (primary N) is 1. The van der Waals surface area contributed by atoms with E-state index >= 15 is 0 Å². The van der Waals surface area contributed by atoms with Crippen molar-refractivity contribution in [1.29, 1.82) is 0 Å². The highest BCUT2D eigenvalue weighted by molar-refractivity contribution is 7.44. The average Bonchev–Trinajstić information content (AvgIpc) is 1.99. The summed E-state index contributed by atoms with van der Waals surface area (Å²) >= 11 is 0. The van der Waals surface area contributed by atoms with Crippen molar-refractivity contribution >= 4 is 14.2 Å². The van der Waals surface area contributed by atoms with Crippen molar-refractivity contribution in [2.45, 2.75) is 13.0 Å². The van der Waals surface area contributed by atoms with Gasteiger partial charge in [0.1, 0.15) is 0 Å². The highest BCUT2D eigenvalue weighted by Gasteiger charge is 2.18. The third-order valence-electron chi connectivity index (χ3n) is 1.92. The zero-order valence-electron chi connectivity index (χ0n) is 7.56. The van der Waals surface area contributed by atoms with Crippen LogP contribution in [0.3, 0.4) is 0 Å². The van der Waals surface area contributed by atoms with E-state index in [1.54, 1.807) is 0 Å². The Labute approximate surface area is 73.9 Å². The molecular formula is C7H16N2O2P. The van der Waals surface area contributed by atoms with Gasteiger partial charge in [0.2, 0.25) is 6.41 Å². The predicted octanol–water partition coefficient (Wildman–Crippen LogP) is 0.249. The molecule has 1 saturated heterocycles. The molecule has 1 radical (unpaired) electrons. The summed E-state index contributed by atoms with van der Waals surface area (Å²) in [5.41, 5.74) is 4.17. The van der Waals surface area contributed by atoms with Gasteiger partial charge in [0.25, 0.3) is 0 Å². The summed E-state index contributed by atoms with van der Waals surface area (Å²) in [6, 6.07) is 0.530. The molecule has 12 heavy (non-hydrogen) atoms. The summed E-state index contributed by atoms with van der Waals surface area (Å²) in [5, 5.41) is 0. The first-order chi connectivity index (χ1) is 5.61. The number of hydrogen-bond acceptors (Lipinski definition) is 3. The lowest BCUT2D eigenvalue weighted by Gasteiger charge is -2.28. The molecule has 1 aliphatic heterocycles. The molecule has 2 atom stereocenters. The van der Waals surface area contributed by atoms with E-state index in [9.17, 15) is 4.57 Å². The highest BCUT2D eigenvalue weighted by atomic mass is 31.1. The SMILES string of the molecule is CC1C[P](=O)CCN1C.NC=O. The largest absolute Gasteiger partial charge is 0.372 e. The van der Waals surface area contributed by atoms with E-state index in [0.29, 0.717) is 6.04 Å². The van der Waals surface area contributed by atoms with Crippen LogP contribution in [0.1, 0.15) is 6.92 Å². The number of rotatable bonds is 0. The molecule has 0 aromatic heterocycles. The minimum atomic E-state index is -0.849. The molecule has 0 aromatic carbocycles. The van der Waals surface area contributed by atoms with Gasteiger partial charge in [-0.1, -0.05) is 0 Å². The zero-order chi connectivity index (χ0) is 9.56. The van der Waals surface area contributed by atoms with Gasteiger partial charge in [-0.2, -0.15) is 0 Å². The van der Waals surface area contributed by atoms with Gasteiger partial charge in [-0.05, 0) is 14.0 Å². The van der Waals surface area contributed by atoms with E-state index in [0.717, 1.165) is 18.9 Å². The molecule has 1 aliphatic rings. The van der Waals surface area contributed by atoms with Gasteiger partial charge >= 0.3 is 0 Å². The molecule has 5 heteroatoms. The van der Waals surface area contributed by atoms with E-state index in [2.05, 4.69) is 24.6 Å². The lowest BCUT2D eigenvalue weighted by molar-refractivity contribution is -0.106. The molecule has 0 saturated carbocycles. The van der Waals surface area contributed by atoms with Crippen LogP contribution < -0.4 is 5.73 Å². The standard InChI is InChI=1S/C6H13NOP.CH3NO/c1-6-5-9(8)4-3-7(6)2;2-1-3/h6H,3-5H2,1-2H3;1H,(H2,2,3). The second kappa shape index (κ2) is 6.09. The third kappa shape index (κ3) is 4.42. The van der Waals surface area contributed by atoms with Crippen molar-refractivity contribution in [2.75, 3.05) is 25.9 Å². The van der Waals surface area contributed by atoms with Gasteiger partial charge in [-0.25, -0.2) is 0 Å². The Morgan fingerprint density at radius 2 is 2.17 bits per heavy atom. The molecule has 1 rings (SSSR count). The van der Waals surface area contributed by atoms with Gasteiger partial charge in [0.05, 0.1) is 7.80 Å². The molecule has 0 aliphatic carbocycles. The Morgan fingerprint density at radius 3 is 2.50 bits per heavy atom. The number of amides is 1. The summed E-state index contributed by atoms with van der Waals surface area (Å²) in [7, 11) is 1.24. The van der Waals surface area contributed by atoms with Gasteiger partial charge in [0.15, 0.2) is 0 Å². The first-order valence-corrected chi connectivity index (χ1v) is 5.52. The molecule has 0 bridgehead atoms. The third-order valence-corrected chi connectivity index (χ3v) is 3.56. The summed E-state index contributed by atoms with van der Waals surface area (Å²) in [6.07, 6.45) is 2.04. The fraction of sp³-hybridized carbons (Fsp3) is 0.857. The zero-order valence-corrected chi connectivity index (χ0v) is 8.46. The van der Waals surface area contributed by atoms with Crippen LogP contribution in [0.2, 0.25) is 0 Å². The van der Waals surface area contributed by atoms with Crippen molar-refractivity contribution in [3.63, 3.8) is 0 Å². The monoisotopic (exact) mass is 191 g/mol. The molecule has 2 N–H and O–H groups in total. The topological polar surface area (TPSA) is 63.4 Å². The Balaban J connectivity index is 0.000000354. The number of carbonyl (C=O) groups excluding carboxylic acids is 1. The first kappa shape index (κ1) is 11.5. The van der Waals surface area contributed by atoms with Crippen molar-refractivity contribution < 1.29 is 9.36 Å². The molecule has 1 heterocycles. The van der Waals surface area contributed by atoms with Crippen LogP contribution in [-0.2, 0) is 9.36 Å². The smallest absolute Gasteiger partial charge is 0.204 e. The Kier molecular flexibility index (Phi) is 5.85. The molecule has 71 valence electrons. The minimum Gasteiger partial charge on any atom is -0.372 e.